The van der Waals surface area contributed by atoms with E-state index in [1.807, 2.05) is 34.6 Å². The van der Waals surface area contributed by atoms with Crippen LogP contribution in [0, 0.1) is 0 Å². The lowest BCUT2D eigenvalue weighted by molar-refractivity contribution is 0.00578. The number of alkyl carbamates (subject to hydrolysis) is 1. The van der Waals surface area contributed by atoms with Gasteiger partial charge in [-0.2, -0.15) is 0 Å². The van der Waals surface area contributed by atoms with Crippen LogP contribution in [0.4, 0.5) is 4.79 Å². The highest BCUT2D eigenvalue weighted by Gasteiger charge is 2.51. The smallest absolute Gasteiger partial charge is 0.450 e. The van der Waals surface area contributed by atoms with Crippen molar-refractivity contribution >= 4 is 13.2 Å². The second-order valence-electron chi connectivity index (χ2n) is 6.09. The number of carbonyl (C=O) groups is 1. The van der Waals surface area contributed by atoms with Gasteiger partial charge in [-0.1, -0.05) is 13.3 Å². The van der Waals surface area contributed by atoms with Crippen LogP contribution in [-0.4, -0.2) is 37.6 Å². The van der Waals surface area contributed by atoms with Gasteiger partial charge in [-0.25, -0.2) is 4.79 Å². The minimum Gasteiger partial charge on any atom is -0.450 e. The van der Waals surface area contributed by atoms with E-state index in [-0.39, 0.29) is 6.54 Å². The number of amides is 1. The SMILES string of the molecule is C=C(CNC(=O)OCCCC)B1OC(C)(C)C(C)(C)O1. The summed E-state index contributed by atoms with van der Waals surface area (Å²) in [4.78, 5) is 11.4. The molecule has 6 heteroatoms. The van der Waals surface area contributed by atoms with E-state index in [0.29, 0.717) is 12.1 Å². The molecule has 5 nitrogen and oxygen atoms in total. The highest BCUT2D eigenvalue weighted by atomic mass is 16.7. The molecule has 0 aromatic carbocycles. The summed E-state index contributed by atoms with van der Waals surface area (Å²) in [5.74, 6) is 0. The fourth-order valence-electron chi connectivity index (χ4n) is 1.64. The first-order chi connectivity index (χ1) is 9.19. The Morgan fingerprint density at radius 3 is 2.30 bits per heavy atom. The molecule has 1 N–H and O–H groups in total. The Hall–Kier alpha value is -1.01. The molecule has 20 heavy (non-hydrogen) atoms. The minimum atomic E-state index is -0.504. The highest BCUT2D eigenvalue weighted by Crippen LogP contribution is 2.38. The van der Waals surface area contributed by atoms with Gasteiger partial charge in [-0.3, -0.25) is 0 Å². The average Bonchev–Trinajstić information content (AvgIpc) is 2.56. The standard InChI is InChI=1S/C14H26BNO4/c1-7-8-9-18-12(17)16-10-11(2)15-19-13(3,4)14(5,6)20-15/h2,7-10H2,1,3-6H3,(H,16,17). The first kappa shape index (κ1) is 17.0. The molecule has 1 aliphatic rings. The third kappa shape index (κ3) is 4.25. The fraction of sp³-hybridized carbons (Fsp3) is 0.786. The molecule has 1 heterocycles. The number of ether oxygens (including phenoxy) is 1. The average molecular weight is 283 g/mol. The zero-order valence-electron chi connectivity index (χ0n) is 13.2. The second kappa shape index (κ2) is 6.63. The van der Waals surface area contributed by atoms with Crippen molar-refractivity contribution in [2.24, 2.45) is 0 Å². The normalized spacial score (nSPS) is 19.8. The van der Waals surface area contributed by atoms with E-state index in [9.17, 15) is 4.79 Å². The van der Waals surface area contributed by atoms with Crippen molar-refractivity contribution in [3.05, 3.63) is 12.1 Å². The van der Waals surface area contributed by atoms with E-state index >= 15 is 0 Å². The lowest BCUT2D eigenvalue weighted by atomic mass is 9.79. The van der Waals surface area contributed by atoms with Crippen LogP contribution in [0.1, 0.15) is 47.5 Å². The molecule has 1 fully saturated rings. The first-order valence-corrected chi connectivity index (χ1v) is 7.13. The van der Waals surface area contributed by atoms with E-state index in [1.54, 1.807) is 0 Å². The molecule has 1 amide bonds. The van der Waals surface area contributed by atoms with Gasteiger partial charge in [0, 0.05) is 6.54 Å². The Labute approximate surface area is 122 Å². The Kier molecular flexibility index (Phi) is 5.65. The molecule has 114 valence electrons. The number of hydrogen-bond acceptors (Lipinski definition) is 4. The maximum atomic E-state index is 11.4. The largest absolute Gasteiger partial charge is 0.491 e. The van der Waals surface area contributed by atoms with Crippen molar-refractivity contribution in [2.75, 3.05) is 13.2 Å². The number of nitrogens with one attached hydrogen (secondary N) is 1. The van der Waals surface area contributed by atoms with Gasteiger partial charge < -0.3 is 19.4 Å². The van der Waals surface area contributed by atoms with Crippen molar-refractivity contribution in [1.29, 1.82) is 0 Å². The van der Waals surface area contributed by atoms with Crippen LogP contribution < -0.4 is 5.32 Å². The lowest BCUT2D eigenvalue weighted by Crippen LogP contribution is -2.41. The van der Waals surface area contributed by atoms with Crippen LogP contribution in [0.15, 0.2) is 12.1 Å². The van der Waals surface area contributed by atoms with Gasteiger partial charge in [0.15, 0.2) is 0 Å². The van der Waals surface area contributed by atoms with Gasteiger partial charge in [0.05, 0.1) is 17.8 Å². The molecule has 0 aromatic rings. The number of unbranched alkanes of at least 4 members (excludes halogenated alkanes) is 1. The summed E-state index contributed by atoms with van der Waals surface area (Å²) < 4.78 is 16.7. The Morgan fingerprint density at radius 2 is 1.80 bits per heavy atom. The summed E-state index contributed by atoms with van der Waals surface area (Å²) in [5, 5.41) is 2.65. The van der Waals surface area contributed by atoms with Crippen LogP contribution in [0.5, 0.6) is 0 Å². The van der Waals surface area contributed by atoms with Crippen LogP contribution in [0.2, 0.25) is 0 Å². The Morgan fingerprint density at radius 1 is 1.25 bits per heavy atom. The van der Waals surface area contributed by atoms with Gasteiger partial charge in [0.25, 0.3) is 0 Å². The quantitative estimate of drug-likeness (QED) is 0.601. The third-order valence-electron chi connectivity index (χ3n) is 3.78. The molecule has 0 radical (unpaired) electrons. The molecule has 0 aliphatic carbocycles. The lowest BCUT2D eigenvalue weighted by Gasteiger charge is -2.32. The molecule has 0 atom stereocenters. The van der Waals surface area contributed by atoms with Crippen LogP contribution in [0.3, 0.4) is 0 Å². The van der Waals surface area contributed by atoms with Gasteiger partial charge >= 0.3 is 13.2 Å². The van der Waals surface area contributed by atoms with Gasteiger partial charge in [0.2, 0.25) is 0 Å². The Balaban J connectivity index is 2.36. The van der Waals surface area contributed by atoms with Crippen molar-refractivity contribution in [2.45, 2.75) is 58.7 Å². The zero-order valence-corrected chi connectivity index (χ0v) is 13.2. The monoisotopic (exact) mass is 283 g/mol. The van der Waals surface area contributed by atoms with E-state index < -0.39 is 24.4 Å². The fourth-order valence-corrected chi connectivity index (χ4v) is 1.64. The second-order valence-corrected chi connectivity index (χ2v) is 6.09. The summed E-state index contributed by atoms with van der Waals surface area (Å²) in [7, 11) is -0.504. The van der Waals surface area contributed by atoms with Crippen LogP contribution in [0.25, 0.3) is 0 Å². The molecule has 1 rings (SSSR count). The molecule has 0 bridgehead atoms. The number of hydrogen-bond donors (Lipinski definition) is 1. The molecular formula is C14H26BNO4. The predicted molar refractivity (Wildman–Crippen MR) is 79.5 cm³/mol. The van der Waals surface area contributed by atoms with Crippen molar-refractivity contribution in [3.63, 3.8) is 0 Å². The van der Waals surface area contributed by atoms with E-state index in [2.05, 4.69) is 11.9 Å². The maximum Gasteiger partial charge on any atom is 0.491 e. The summed E-state index contributed by atoms with van der Waals surface area (Å²) >= 11 is 0. The van der Waals surface area contributed by atoms with Crippen LogP contribution >= 0.6 is 0 Å². The molecular weight excluding hydrogens is 257 g/mol. The highest BCUT2D eigenvalue weighted by molar-refractivity contribution is 6.54. The van der Waals surface area contributed by atoms with E-state index in [4.69, 9.17) is 14.0 Å². The third-order valence-corrected chi connectivity index (χ3v) is 3.78. The summed E-state index contributed by atoms with van der Waals surface area (Å²) in [6, 6.07) is 0. The summed E-state index contributed by atoms with van der Waals surface area (Å²) in [5.41, 5.74) is -0.124. The van der Waals surface area contributed by atoms with Gasteiger partial charge in [0.1, 0.15) is 0 Å². The van der Waals surface area contributed by atoms with Crippen molar-refractivity contribution < 1.29 is 18.8 Å². The minimum absolute atomic E-state index is 0.280. The first-order valence-electron chi connectivity index (χ1n) is 7.13. The maximum absolute atomic E-state index is 11.4. The van der Waals surface area contributed by atoms with Crippen molar-refractivity contribution in [3.8, 4) is 0 Å². The molecule has 1 aliphatic heterocycles. The van der Waals surface area contributed by atoms with Gasteiger partial charge in [-0.15, -0.1) is 6.58 Å². The summed E-state index contributed by atoms with van der Waals surface area (Å²) in [6.07, 6.45) is 1.43. The molecule has 1 saturated heterocycles. The van der Waals surface area contributed by atoms with Crippen LogP contribution in [-0.2, 0) is 14.0 Å². The zero-order chi connectivity index (χ0) is 15.4. The topological polar surface area (TPSA) is 56.8 Å². The Bertz CT molecular complexity index is 352. The van der Waals surface area contributed by atoms with Gasteiger partial charge in [-0.05, 0) is 39.6 Å². The number of rotatable bonds is 6. The van der Waals surface area contributed by atoms with E-state index in [1.165, 1.54) is 0 Å². The predicted octanol–water partition coefficient (Wildman–Crippen LogP) is 2.70. The molecule has 0 aromatic heterocycles. The molecule has 0 spiro atoms. The molecule has 0 unspecified atom stereocenters. The van der Waals surface area contributed by atoms with E-state index in [0.717, 1.165) is 12.8 Å². The summed E-state index contributed by atoms with van der Waals surface area (Å²) in [6.45, 7) is 14.6. The van der Waals surface area contributed by atoms with Crippen molar-refractivity contribution in [1.82, 2.24) is 5.32 Å². The molecule has 0 saturated carbocycles. The number of carbonyl (C=O) groups excluding carboxylic acids is 1.